The van der Waals surface area contributed by atoms with E-state index in [9.17, 15) is 9.90 Å². The highest BCUT2D eigenvalue weighted by molar-refractivity contribution is 8.00. The smallest absolute Gasteiger partial charge is 0.323 e. The Morgan fingerprint density at radius 1 is 1.14 bits per heavy atom. The SMILES string of the molecule is CC1CCCC(SC2CCCC(NC3CC3)(C(=O)O)C2)C1. The number of rotatable bonds is 5. The van der Waals surface area contributed by atoms with Crippen molar-refractivity contribution in [3.8, 4) is 0 Å². The maximum Gasteiger partial charge on any atom is 0.323 e. The van der Waals surface area contributed by atoms with Gasteiger partial charge < -0.3 is 5.11 Å². The van der Waals surface area contributed by atoms with E-state index in [4.69, 9.17) is 0 Å². The summed E-state index contributed by atoms with van der Waals surface area (Å²) in [6.45, 7) is 2.36. The molecule has 3 saturated carbocycles. The number of carboxylic acid groups (broad SMARTS) is 1. The van der Waals surface area contributed by atoms with Gasteiger partial charge >= 0.3 is 5.97 Å². The summed E-state index contributed by atoms with van der Waals surface area (Å²) in [6.07, 6.45) is 11.6. The van der Waals surface area contributed by atoms with Gasteiger partial charge in [0, 0.05) is 16.5 Å². The third-order valence-electron chi connectivity index (χ3n) is 5.45. The summed E-state index contributed by atoms with van der Waals surface area (Å²) in [5, 5.41) is 14.5. The number of carbonyl (C=O) groups is 1. The van der Waals surface area contributed by atoms with E-state index in [-0.39, 0.29) is 0 Å². The van der Waals surface area contributed by atoms with E-state index in [2.05, 4.69) is 24.0 Å². The van der Waals surface area contributed by atoms with Crippen LogP contribution in [0.1, 0.15) is 71.1 Å². The van der Waals surface area contributed by atoms with E-state index >= 15 is 0 Å². The topological polar surface area (TPSA) is 49.3 Å². The fourth-order valence-corrected chi connectivity index (χ4v) is 6.09. The van der Waals surface area contributed by atoms with Crippen molar-refractivity contribution in [2.24, 2.45) is 5.92 Å². The minimum atomic E-state index is -0.628. The van der Waals surface area contributed by atoms with Crippen LogP contribution in [-0.2, 0) is 4.79 Å². The summed E-state index contributed by atoms with van der Waals surface area (Å²) in [7, 11) is 0. The quantitative estimate of drug-likeness (QED) is 0.810. The van der Waals surface area contributed by atoms with Gasteiger partial charge in [-0.05, 0) is 57.3 Å². The van der Waals surface area contributed by atoms with Crippen molar-refractivity contribution < 1.29 is 9.90 Å². The minimum absolute atomic E-state index is 0.472. The molecular weight excluding hydrogens is 282 g/mol. The number of nitrogens with one attached hydrogen (secondary N) is 1. The lowest BCUT2D eigenvalue weighted by Crippen LogP contribution is -2.56. The average Bonchev–Trinajstić information content (AvgIpc) is 3.23. The van der Waals surface area contributed by atoms with Crippen molar-refractivity contribution in [2.75, 3.05) is 0 Å². The number of hydrogen-bond donors (Lipinski definition) is 2. The van der Waals surface area contributed by atoms with E-state index in [0.29, 0.717) is 11.3 Å². The molecule has 3 rings (SSSR count). The van der Waals surface area contributed by atoms with Gasteiger partial charge in [-0.15, -0.1) is 0 Å². The molecule has 0 heterocycles. The van der Waals surface area contributed by atoms with Gasteiger partial charge in [0.2, 0.25) is 0 Å². The van der Waals surface area contributed by atoms with Crippen LogP contribution in [0.4, 0.5) is 0 Å². The van der Waals surface area contributed by atoms with Crippen molar-refractivity contribution in [1.82, 2.24) is 5.32 Å². The lowest BCUT2D eigenvalue weighted by molar-refractivity contribution is -0.146. The molecule has 2 N–H and O–H groups in total. The lowest BCUT2D eigenvalue weighted by Gasteiger charge is -2.40. The number of hydrogen-bond acceptors (Lipinski definition) is 3. The monoisotopic (exact) mass is 311 g/mol. The molecule has 4 heteroatoms. The maximum atomic E-state index is 11.9. The van der Waals surface area contributed by atoms with Gasteiger partial charge in [0.25, 0.3) is 0 Å². The van der Waals surface area contributed by atoms with Gasteiger partial charge in [0.05, 0.1) is 0 Å². The fraction of sp³-hybridized carbons (Fsp3) is 0.941. The second kappa shape index (κ2) is 6.49. The van der Waals surface area contributed by atoms with Crippen LogP contribution in [-0.4, -0.2) is 33.2 Å². The number of thioether (sulfide) groups is 1. The summed E-state index contributed by atoms with van der Waals surface area (Å²) in [5.41, 5.74) is -0.628. The predicted molar refractivity (Wildman–Crippen MR) is 87.8 cm³/mol. The second-order valence-electron chi connectivity index (χ2n) is 7.55. The van der Waals surface area contributed by atoms with Crippen molar-refractivity contribution in [3.05, 3.63) is 0 Å². The lowest BCUT2D eigenvalue weighted by atomic mass is 9.81. The molecule has 120 valence electrons. The van der Waals surface area contributed by atoms with E-state index in [0.717, 1.165) is 43.3 Å². The summed E-state index contributed by atoms with van der Waals surface area (Å²) < 4.78 is 0. The van der Waals surface area contributed by atoms with Gasteiger partial charge in [0.15, 0.2) is 0 Å². The van der Waals surface area contributed by atoms with Crippen molar-refractivity contribution in [3.63, 3.8) is 0 Å². The Balaban J connectivity index is 1.59. The Kier molecular flexibility index (Phi) is 4.84. The maximum absolute atomic E-state index is 11.9. The normalized spacial score (nSPS) is 40.9. The first kappa shape index (κ1) is 15.7. The summed E-state index contributed by atoms with van der Waals surface area (Å²) >= 11 is 2.11. The van der Waals surface area contributed by atoms with Gasteiger partial charge in [-0.3, -0.25) is 10.1 Å². The van der Waals surface area contributed by atoms with E-state index in [1.54, 1.807) is 0 Å². The Hall–Kier alpha value is -0.220. The zero-order valence-corrected chi connectivity index (χ0v) is 14.0. The van der Waals surface area contributed by atoms with Gasteiger partial charge in [-0.1, -0.05) is 19.8 Å². The van der Waals surface area contributed by atoms with Crippen LogP contribution in [0.2, 0.25) is 0 Å². The number of aliphatic carboxylic acids is 1. The van der Waals surface area contributed by atoms with Crippen molar-refractivity contribution in [2.45, 2.75) is 93.2 Å². The first-order valence-corrected chi connectivity index (χ1v) is 9.68. The molecule has 0 radical (unpaired) electrons. The van der Waals surface area contributed by atoms with Gasteiger partial charge in [0.1, 0.15) is 5.54 Å². The molecule has 4 unspecified atom stereocenters. The highest BCUT2D eigenvalue weighted by Gasteiger charge is 2.46. The Labute approximate surface area is 132 Å². The van der Waals surface area contributed by atoms with Crippen LogP contribution in [0.15, 0.2) is 0 Å². The van der Waals surface area contributed by atoms with Crippen LogP contribution >= 0.6 is 11.8 Å². The highest BCUT2D eigenvalue weighted by Crippen LogP contribution is 2.42. The molecular formula is C17H29NO2S. The van der Waals surface area contributed by atoms with E-state index in [1.165, 1.54) is 32.1 Å². The van der Waals surface area contributed by atoms with Crippen LogP contribution in [0.25, 0.3) is 0 Å². The molecule has 3 aliphatic carbocycles. The summed E-state index contributed by atoms with van der Waals surface area (Å²) in [6, 6.07) is 0.472. The predicted octanol–water partition coefficient (Wildman–Crippen LogP) is 3.82. The summed E-state index contributed by atoms with van der Waals surface area (Å²) in [5.74, 6) is 0.241. The molecule has 0 spiro atoms. The molecule has 3 aliphatic rings. The molecule has 0 aliphatic heterocycles. The average molecular weight is 311 g/mol. The minimum Gasteiger partial charge on any atom is -0.480 e. The van der Waals surface area contributed by atoms with Crippen LogP contribution < -0.4 is 5.32 Å². The van der Waals surface area contributed by atoms with E-state index < -0.39 is 11.5 Å². The van der Waals surface area contributed by atoms with Crippen LogP contribution in [0.5, 0.6) is 0 Å². The van der Waals surface area contributed by atoms with Crippen molar-refractivity contribution >= 4 is 17.7 Å². The third-order valence-corrected chi connectivity index (χ3v) is 7.05. The Morgan fingerprint density at radius 2 is 1.90 bits per heavy atom. The van der Waals surface area contributed by atoms with Crippen molar-refractivity contribution in [1.29, 1.82) is 0 Å². The zero-order chi connectivity index (χ0) is 14.9. The molecule has 0 aromatic rings. The van der Waals surface area contributed by atoms with Gasteiger partial charge in [-0.25, -0.2) is 0 Å². The molecule has 3 fully saturated rings. The molecule has 0 saturated heterocycles. The van der Waals surface area contributed by atoms with E-state index in [1.807, 2.05) is 0 Å². The van der Waals surface area contributed by atoms with Crippen LogP contribution in [0.3, 0.4) is 0 Å². The zero-order valence-electron chi connectivity index (χ0n) is 13.1. The third kappa shape index (κ3) is 3.95. The highest BCUT2D eigenvalue weighted by atomic mass is 32.2. The number of carboxylic acids is 1. The standard InChI is InChI=1S/C17H29NO2S/c1-12-4-2-5-14(10-12)21-15-6-3-9-17(11-15,16(19)20)18-13-7-8-13/h12-15,18H,2-11H2,1H3,(H,19,20). The molecule has 0 aromatic carbocycles. The Morgan fingerprint density at radius 3 is 2.57 bits per heavy atom. The molecule has 0 aromatic heterocycles. The summed E-state index contributed by atoms with van der Waals surface area (Å²) in [4.78, 5) is 11.9. The van der Waals surface area contributed by atoms with Crippen LogP contribution in [0, 0.1) is 5.92 Å². The Bertz CT molecular complexity index is 385. The molecule has 4 atom stereocenters. The molecule has 0 bridgehead atoms. The first-order valence-electron chi connectivity index (χ1n) is 8.74. The molecule has 3 nitrogen and oxygen atoms in total. The molecule has 21 heavy (non-hydrogen) atoms. The van der Waals surface area contributed by atoms with Gasteiger partial charge in [-0.2, -0.15) is 11.8 Å². The first-order chi connectivity index (χ1) is 10.1. The largest absolute Gasteiger partial charge is 0.480 e. The second-order valence-corrected chi connectivity index (χ2v) is 9.16. The fourth-order valence-electron chi connectivity index (χ4n) is 4.12. The molecule has 0 amide bonds.